The zero-order valence-electron chi connectivity index (χ0n) is 15.9. The van der Waals surface area contributed by atoms with Crippen molar-refractivity contribution < 1.29 is 23.8 Å². The summed E-state index contributed by atoms with van der Waals surface area (Å²) in [5.41, 5.74) is 2.86. The first-order valence-electron chi connectivity index (χ1n) is 8.83. The molecule has 7 nitrogen and oxygen atoms in total. The fourth-order valence-corrected chi connectivity index (χ4v) is 4.10. The molecule has 0 bridgehead atoms. The van der Waals surface area contributed by atoms with E-state index in [0.29, 0.717) is 5.69 Å². The number of benzene rings is 2. The molecule has 0 amide bonds. The number of carbonyl (C=O) groups is 2. The number of anilines is 1. The first-order valence-corrected chi connectivity index (χ1v) is 9.65. The van der Waals surface area contributed by atoms with Crippen molar-refractivity contribution >= 4 is 39.2 Å². The lowest BCUT2D eigenvalue weighted by Gasteiger charge is -2.31. The Kier molecular flexibility index (Phi) is 5.28. The van der Waals surface area contributed by atoms with Crippen molar-refractivity contribution in [3.63, 3.8) is 0 Å². The summed E-state index contributed by atoms with van der Waals surface area (Å²) in [7, 11) is 2.53. The van der Waals surface area contributed by atoms with E-state index in [-0.39, 0.29) is 24.6 Å². The topological polar surface area (TPSA) is 78.0 Å². The molecule has 148 valence electrons. The van der Waals surface area contributed by atoms with Gasteiger partial charge in [0.05, 0.1) is 36.6 Å². The average molecular weight is 410 g/mol. The predicted octanol–water partition coefficient (Wildman–Crippen LogP) is 3.36. The number of thiazole rings is 1. The molecule has 1 aliphatic heterocycles. The van der Waals surface area contributed by atoms with Crippen LogP contribution in [0.2, 0.25) is 0 Å². The highest BCUT2D eigenvalue weighted by atomic mass is 32.1. The summed E-state index contributed by atoms with van der Waals surface area (Å²) < 4.78 is 16.3. The summed E-state index contributed by atoms with van der Waals surface area (Å²) in [5.74, 6) is -1.25. The Bertz CT molecular complexity index is 1070. The van der Waals surface area contributed by atoms with Gasteiger partial charge in [-0.25, -0.2) is 14.6 Å². The monoisotopic (exact) mass is 410 g/mol. The molecule has 0 radical (unpaired) electrons. The van der Waals surface area contributed by atoms with E-state index >= 15 is 0 Å². The van der Waals surface area contributed by atoms with E-state index in [1.54, 1.807) is 16.2 Å². The van der Waals surface area contributed by atoms with Gasteiger partial charge in [-0.1, -0.05) is 12.1 Å². The van der Waals surface area contributed by atoms with Gasteiger partial charge in [-0.2, -0.15) is 0 Å². The maximum Gasteiger partial charge on any atom is 0.355 e. The van der Waals surface area contributed by atoms with Gasteiger partial charge in [0, 0.05) is 11.3 Å². The number of nitrogens with zero attached hydrogens (tertiary/aromatic N) is 2. The number of aromatic nitrogens is 1. The number of fused-ring (bicyclic) bond motifs is 1. The second-order valence-corrected chi connectivity index (χ2v) is 7.28. The number of rotatable bonds is 4. The van der Waals surface area contributed by atoms with Gasteiger partial charge in [0.2, 0.25) is 0 Å². The second kappa shape index (κ2) is 8.02. The molecule has 0 N–H and O–H groups in total. The molecular weight excluding hydrogens is 392 g/mol. The van der Waals surface area contributed by atoms with E-state index in [0.717, 1.165) is 20.8 Å². The summed E-state index contributed by atoms with van der Waals surface area (Å²) in [5, 5.41) is 0.909. The molecule has 0 saturated carbocycles. The molecule has 8 heteroatoms. The Morgan fingerprint density at radius 3 is 2.45 bits per heavy atom. The average Bonchev–Trinajstić information content (AvgIpc) is 3.22. The number of carbonyl (C=O) groups excluding carboxylic acids is 2. The van der Waals surface area contributed by atoms with Crippen molar-refractivity contribution in [2.24, 2.45) is 0 Å². The van der Waals surface area contributed by atoms with Crippen LogP contribution in [0.4, 0.5) is 5.69 Å². The number of hydrogen-bond acceptors (Lipinski definition) is 8. The lowest BCUT2D eigenvalue weighted by molar-refractivity contribution is -0.140. The Balaban J connectivity index is 1.70. The van der Waals surface area contributed by atoms with E-state index in [4.69, 9.17) is 14.2 Å². The van der Waals surface area contributed by atoms with Crippen molar-refractivity contribution in [1.29, 1.82) is 0 Å². The summed E-state index contributed by atoms with van der Waals surface area (Å²) in [6.07, 6.45) is 0. The lowest BCUT2D eigenvalue weighted by Crippen LogP contribution is -2.38. The molecule has 0 aliphatic carbocycles. The van der Waals surface area contributed by atoms with Crippen molar-refractivity contribution in [2.75, 3.05) is 32.5 Å². The van der Waals surface area contributed by atoms with Crippen molar-refractivity contribution in [3.8, 4) is 10.6 Å². The second-order valence-electron chi connectivity index (χ2n) is 6.25. The van der Waals surface area contributed by atoms with Crippen molar-refractivity contribution in [3.05, 3.63) is 59.8 Å². The maximum atomic E-state index is 12.4. The fraction of sp³-hybridized carbons (Fsp3) is 0.190. The standard InChI is InChI=1S/C21H18N2O5S/c1-26-20(24)15-11-28-12-23(18(15)21(25)27-2)14-9-7-13(8-10-14)19-22-16-5-3-4-6-17(16)29-19/h3-10H,11-12H2,1-2H3. The quantitative estimate of drug-likeness (QED) is 0.610. The molecule has 1 aromatic heterocycles. The molecular formula is C21H18N2O5S. The predicted molar refractivity (Wildman–Crippen MR) is 109 cm³/mol. The minimum Gasteiger partial charge on any atom is -0.466 e. The van der Waals surface area contributed by atoms with E-state index in [2.05, 4.69) is 4.98 Å². The summed E-state index contributed by atoms with van der Waals surface area (Å²) in [4.78, 5) is 30.7. The largest absolute Gasteiger partial charge is 0.466 e. The highest BCUT2D eigenvalue weighted by Crippen LogP contribution is 2.32. The Morgan fingerprint density at radius 2 is 1.76 bits per heavy atom. The van der Waals surface area contributed by atoms with Gasteiger partial charge >= 0.3 is 11.9 Å². The molecule has 1 aliphatic rings. The molecule has 2 heterocycles. The molecule has 29 heavy (non-hydrogen) atoms. The van der Waals surface area contributed by atoms with Crippen LogP contribution in [0.1, 0.15) is 0 Å². The molecule has 2 aromatic carbocycles. The highest BCUT2D eigenvalue weighted by molar-refractivity contribution is 7.21. The molecule has 4 rings (SSSR count). The van der Waals surface area contributed by atoms with Crippen LogP contribution in [0.5, 0.6) is 0 Å². The van der Waals surface area contributed by atoms with Gasteiger partial charge in [-0.3, -0.25) is 0 Å². The van der Waals surface area contributed by atoms with Crippen LogP contribution < -0.4 is 4.90 Å². The van der Waals surface area contributed by atoms with Crippen LogP contribution in [0.25, 0.3) is 20.8 Å². The Morgan fingerprint density at radius 1 is 1.03 bits per heavy atom. The lowest BCUT2D eigenvalue weighted by atomic mass is 10.1. The highest BCUT2D eigenvalue weighted by Gasteiger charge is 2.32. The normalized spacial score (nSPS) is 14.2. The molecule has 0 unspecified atom stereocenters. The molecule has 0 saturated heterocycles. The van der Waals surface area contributed by atoms with Crippen LogP contribution in [-0.4, -0.2) is 44.5 Å². The minimum atomic E-state index is -0.624. The van der Waals surface area contributed by atoms with E-state index in [1.165, 1.54) is 14.2 Å². The first-order chi connectivity index (χ1) is 14.1. The summed E-state index contributed by atoms with van der Waals surface area (Å²) in [6.45, 7) is 0.100. The maximum absolute atomic E-state index is 12.4. The third kappa shape index (κ3) is 3.59. The van der Waals surface area contributed by atoms with Gasteiger partial charge in [0.15, 0.2) is 0 Å². The van der Waals surface area contributed by atoms with Crippen LogP contribution in [0, 0.1) is 0 Å². The minimum absolute atomic E-state index is 0.0165. The van der Waals surface area contributed by atoms with Crippen LogP contribution in [0.3, 0.4) is 0 Å². The Labute approximate surface area is 171 Å². The molecule has 0 atom stereocenters. The van der Waals surface area contributed by atoms with Crippen molar-refractivity contribution in [1.82, 2.24) is 4.98 Å². The van der Waals surface area contributed by atoms with Crippen LogP contribution in [0.15, 0.2) is 59.8 Å². The SMILES string of the molecule is COC(=O)C1=C(C(=O)OC)N(c2ccc(-c3nc4ccccc4s3)cc2)COC1. The number of ether oxygens (including phenoxy) is 3. The number of methoxy groups -OCH3 is 2. The van der Waals surface area contributed by atoms with Crippen molar-refractivity contribution in [2.45, 2.75) is 0 Å². The van der Waals surface area contributed by atoms with E-state index < -0.39 is 11.9 Å². The molecule has 0 spiro atoms. The first kappa shape index (κ1) is 19.1. The third-order valence-electron chi connectivity index (χ3n) is 4.55. The number of hydrogen-bond donors (Lipinski definition) is 0. The molecule has 3 aromatic rings. The Hall–Kier alpha value is -3.23. The van der Waals surface area contributed by atoms with Crippen LogP contribution in [-0.2, 0) is 23.8 Å². The van der Waals surface area contributed by atoms with E-state index in [1.807, 2.05) is 48.5 Å². The van der Waals surface area contributed by atoms with Gasteiger partial charge in [0.1, 0.15) is 17.4 Å². The van der Waals surface area contributed by atoms with Gasteiger partial charge < -0.3 is 19.1 Å². The van der Waals surface area contributed by atoms with Gasteiger partial charge in [-0.15, -0.1) is 11.3 Å². The van der Waals surface area contributed by atoms with Crippen LogP contribution >= 0.6 is 11.3 Å². The zero-order valence-corrected chi connectivity index (χ0v) is 16.7. The van der Waals surface area contributed by atoms with Gasteiger partial charge in [0.25, 0.3) is 0 Å². The van der Waals surface area contributed by atoms with Gasteiger partial charge in [-0.05, 0) is 36.4 Å². The fourth-order valence-electron chi connectivity index (χ4n) is 3.13. The summed E-state index contributed by atoms with van der Waals surface area (Å²) >= 11 is 1.61. The third-order valence-corrected chi connectivity index (χ3v) is 5.64. The summed E-state index contributed by atoms with van der Waals surface area (Å²) in [6, 6.07) is 15.5. The molecule has 0 fully saturated rings. The number of esters is 2. The number of para-hydroxylation sites is 1. The smallest absolute Gasteiger partial charge is 0.355 e. The van der Waals surface area contributed by atoms with E-state index in [9.17, 15) is 9.59 Å². The zero-order chi connectivity index (χ0) is 20.4.